The van der Waals surface area contributed by atoms with E-state index in [-0.39, 0.29) is 5.78 Å². The Kier molecular flexibility index (Phi) is 7.55. The van der Waals surface area contributed by atoms with E-state index in [2.05, 4.69) is 5.32 Å². The summed E-state index contributed by atoms with van der Waals surface area (Å²) in [5.41, 5.74) is 0.000122. The third kappa shape index (κ3) is 6.89. The van der Waals surface area contributed by atoms with E-state index >= 15 is 0 Å². The van der Waals surface area contributed by atoms with Crippen molar-refractivity contribution in [1.29, 1.82) is 0 Å². The molecule has 0 bridgehead atoms. The number of ketones is 1. The van der Waals surface area contributed by atoms with Gasteiger partial charge in [0.2, 0.25) is 0 Å². The Labute approximate surface area is 143 Å². The van der Waals surface area contributed by atoms with E-state index in [1.807, 2.05) is 20.8 Å². The Morgan fingerprint density at radius 3 is 2.38 bits per heavy atom. The lowest BCUT2D eigenvalue weighted by Gasteiger charge is -2.19. The molecule has 0 unspecified atom stereocenters. The maximum Gasteiger partial charge on any atom is 0.407 e. The number of nitrogens with one attached hydrogen (secondary N) is 1. The zero-order valence-corrected chi connectivity index (χ0v) is 15.1. The SMILES string of the molecule is COc1ccc(OC)c(C(=O)CCCCNC(=O)OC(C)(C)C)c1. The van der Waals surface area contributed by atoms with Crippen LogP contribution in [0.1, 0.15) is 50.4 Å². The van der Waals surface area contributed by atoms with Crippen LogP contribution in [-0.2, 0) is 4.74 Å². The normalized spacial score (nSPS) is 10.9. The highest BCUT2D eigenvalue weighted by molar-refractivity contribution is 5.99. The van der Waals surface area contributed by atoms with Crippen LogP contribution in [0.15, 0.2) is 18.2 Å². The molecule has 1 aromatic rings. The predicted octanol–water partition coefficient (Wildman–Crippen LogP) is 3.58. The maximum absolute atomic E-state index is 12.3. The van der Waals surface area contributed by atoms with Crippen LogP contribution in [0, 0.1) is 0 Å². The Morgan fingerprint density at radius 2 is 1.79 bits per heavy atom. The first-order valence-electron chi connectivity index (χ1n) is 7.99. The fraction of sp³-hybridized carbons (Fsp3) is 0.556. The third-order valence-corrected chi connectivity index (χ3v) is 3.21. The minimum atomic E-state index is -0.511. The molecule has 0 aromatic heterocycles. The first-order chi connectivity index (χ1) is 11.3. The van der Waals surface area contributed by atoms with Crippen molar-refractivity contribution in [2.45, 2.75) is 45.6 Å². The number of ether oxygens (including phenoxy) is 3. The molecule has 0 saturated carbocycles. The fourth-order valence-electron chi connectivity index (χ4n) is 2.08. The third-order valence-electron chi connectivity index (χ3n) is 3.21. The molecule has 1 N–H and O–H groups in total. The van der Waals surface area contributed by atoms with Crippen LogP contribution in [0.2, 0.25) is 0 Å². The highest BCUT2D eigenvalue weighted by Crippen LogP contribution is 2.25. The Balaban J connectivity index is 2.40. The predicted molar refractivity (Wildman–Crippen MR) is 92.0 cm³/mol. The van der Waals surface area contributed by atoms with Gasteiger partial charge in [0, 0.05) is 13.0 Å². The van der Waals surface area contributed by atoms with Crippen molar-refractivity contribution in [2.24, 2.45) is 0 Å². The molecule has 0 saturated heterocycles. The van der Waals surface area contributed by atoms with Crippen molar-refractivity contribution in [3.05, 3.63) is 23.8 Å². The van der Waals surface area contributed by atoms with E-state index in [0.717, 1.165) is 0 Å². The zero-order valence-electron chi connectivity index (χ0n) is 15.1. The van der Waals surface area contributed by atoms with Gasteiger partial charge in [-0.15, -0.1) is 0 Å². The van der Waals surface area contributed by atoms with Crippen molar-refractivity contribution in [1.82, 2.24) is 5.32 Å². The summed E-state index contributed by atoms with van der Waals surface area (Å²) < 4.78 is 15.5. The summed E-state index contributed by atoms with van der Waals surface area (Å²) >= 11 is 0. The van der Waals surface area contributed by atoms with E-state index in [4.69, 9.17) is 14.2 Å². The molecule has 1 rings (SSSR count). The second-order valence-electron chi connectivity index (χ2n) is 6.38. The maximum atomic E-state index is 12.3. The van der Waals surface area contributed by atoms with E-state index in [1.165, 1.54) is 7.11 Å². The minimum absolute atomic E-state index is 0.0111. The van der Waals surface area contributed by atoms with Crippen molar-refractivity contribution in [3.63, 3.8) is 0 Å². The number of unbranched alkanes of at least 4 members (excludes halogenated alkanes) is 1. The molecule has 1 aromatic carbocycles. The van der Waals surface area contributed by atoms with Gasteiger partial charge in [0.25, 0.3) is 0 Å². The topological polar surface area (TPSA) is 73.9 Å². The second-order valence-corrected chi connectivity index (χ2v) is 6.38. The van der Waals surface area contributed by atoms with Gasteiger partial charge in [-0.05, 0) is 51.8 Å². The first-order valence-corrected chi connectivity index (χ1v) is 7.99. The summed E-state index contributed by atoms with van der Waals surface area (Å²) in [6.45, 7) is 5.91. The molecule has 0 atom stereocenters. The monoisotopic (exact) mass is 337 g/mol. The molecule has 0 radical (unpaired) electrons. The van der Waals surface area contributed by atoms with E-state index in [1.54, 1.807) is 25.3 Å². The molecular formula is C18H27NO5. The van der Waals surface area contributed by atoms with Crippen LogP contribution in [0.3, 0.4) is 0 Å². The van der Waals surface area contributed by atoms with E-state index < -0.39 is 11.7 Å². The summed E-state index contributed by atoms with van der Waals surface area (Å²) in [6, 6.07) is 5.15. The Morgan fingerprint density at radius 1 is 1.08 bits per heavy atom. The van der Waals surface area contributed by atoms with Crippen molar-refractivity contribution in [3.8, 4) is 11.5 Å². The highest BCUT2D eigenvalue weighted by Gasteiger charge is 2.16. The molecule has 0 aliphatic heterocycles. The smallest absolute Gasteiger partial charge is 0.407 e. The number of alkyl carbamates (subject to hydrolysis) is 1. The zero-order chi connectivity index (χ0) is 18.2. The summed E-state index contributed by atoms with van der Waals surface area (Å²) in [6.07, 6.45) is 1.29. The van der Waals surface area contributed by atoms with Crippen LogP contribution in [0.25, 0.3) is 0 Å². The lowest BCUT2D eigenvalue weighted by molar-refractivity contribution is 0.0527. The summed E-state index contributed by atoms with van der Waals surface area (Å²) in [5, 5.41) is 2.68. The molecule has 0 aliphatic rings. The molecule has 6 nitrogen and oxygen atoms in total. The lowest BCUT2D eigenvalue weighted by atomic mass is 10.0. The van der Waals surface area contributed by atoms with Crippen LogP contribution in [-0.4, -0.2) is 38.2 Å². The van der Waals surface area contributed by atoms with Gasteiger partial charge in [-0.25, -0.2) is 4.79 Å². The van der Waals surface area contributed by atoms with Gasteiger partial charge >= 0.3 is 6.09 Å². The van der Waals surface area contributed by atoms with Gasteiger partial charge in [-0.1, -0.05) is 0 Å². The Bertz CT molecular complexity index is 563. The number of carbonyl (C=O) groups excluding carboxylic acids is 2. The number of hydrogen-bond acceptors (Lipinski definition) is 5. The molecule has 24 heavy (non-hydrogen) atoms. The first kappa shape index (κ1) is 19.8. The fourth-order valence-corrected chi connectivity index (χ4v) is 2.08. The second kappa shape index (κ2) is 9.15. The van der Waals surface area contributed by atoms with E-state index in [0.29, 0.717) is 42.9 Å². The number of methoxy groups -OCH3 is 2. The van der Waals surface area contributed by atoms with Crippen molar-refractivity contribution in [2.75, 3.05) is 20.8 Å². The number of hydrogen-bond donors (Lipinski definition) is 1. The Hall–Kier alpha value is -2.24. The van der Waals surface area contributed by atoms with Crippen LogP contribution < -0.4 is 14.8 Å². The number of benzene rings is 1. The molecule has 6 heteroatoms. The van der Waals surface area contributed by atoms with Gasteiger partial charge in [-0.2, -0.15) is 0 Å². The van der Waals surface area contributed by atoms with Crippen molar-refractivity contribution >= 4 is 11.9 Å². The molecule has 1 amide bonds. The standard InChI is InChI=1S/C18H27NO5/c1-18(2,3)24-17(21)19-11-7-6-8-15(20)14-12-13(22-4)9-10-16(14)23-5/h9-10,12H,6-8,11H2,1-5H3,(H,19,21). The largest absolute Gasteiger partial charge is 0.497 e. The summed E-state index contributed by atoms with van der Waals surface area (Å²) in [7, 11) is 3.09. The number of rotatable bonds is 8. The van der Waals surface area contributed by atoms with Gasteiger partial charge in [0.15, 0.2) is 5.78 Å². The molecule has 0 fully saturated rings. The molecule has 0 heterocycles. The summed E-state index contributed by atoms with van der Waals surface area (Å²) in [4.78, 5) is 23.8. The highest BCUT2D eigenvalue weighted by atomic mass is 16.6. The lowest BCUT2D eigenvalue weighted by Crippen LogP contribution is -2.33. The average molecular weight is 337 g/mol. The van der Waals surface area contributed by atoms with Gasteiger partial charge in [0.1, 0.15) is 17.1 Å². The molecular weight excluding hydrogens is 310 g/mol. The van der Waals surface area contributed by atoms with Gasteiger partial charge in [-0.3, -0.25) is 4.79 Å². The van der Waals surface area contributed by atoms with Crippen LogP contribution in [0.5, 0.6) is 11.5 Å². The van der Waals surface area contributed by atoms with Crippen LogP contribution in [0.4, 0.5) is 4.79 Å². The molecule has 134 valence electrons. The van der Waals surface area contributed by atoms with Crippen LogP contribution >= 0.6 is 0 Å². The molecule has 0 aliphatic carbocycles. The number of carbonyl (C=O) groups is 2. The number of Topliss-reactive ketones (excluding diaryl/α,β-unsaturated/α-hetero) is 1. The quantitative estimate of drug-likeness (QED) is 0.580. The van der Waals surface area contributed by atoms with Gasteiger partial charge < -0.3 is 19.5 Å². The summed E-state index contributed by atoms with van der Waals surface area (Å²) in [5.74, 6) is 1.14. The average Bonchev–Trinajstić information content (AvgIpc) is 2.51. The van der Waals surface area contributed by atoms with Gasteiger partial charge in [0.05, 0.1) is 19.8 Å². The number of amides is 1. The van der Waals surface area contributed by atoms with E-state index in [9.17, 15) is 9.59 Å². The van der Waals surface area contributed by atoms with Crippen molar-refractivity contribution < 1.29 is 23.8 Å². The molecule has 0 spiro atoms. The minimum Gasteiger partial charge on any atom is -0.497 e.